The van der Waals surface area contributed by atoms with Gasteiger partial charge in [0.15, 0.2) is 6.10 Å². The van der Waals surface area contributed by atoms with Crippen molar-refractivity contribution in [2.45, 2.75) is 38.3 Å². The lowest BCUT2D eigenvalue weighted by Crippen LogP contribution is -2.35. The quantitative estimate of drug-likeness (QED) is 0.607. The van der Waals surface area contributed by atoms with Crippen molar-refractivity contribution >= 4 is 23.6 Å². The van der Waals surface area contributed by atoms with Crippen LogP contribution in [-0.4, -0.2) is 23.7 Å². The Morgan fingerprint density at radius 1 is 1.12 bits per heavy atom. The Bertz CT molecular complexity index is 731. The Balaban J connectivity index is 1.76. The van der Waals surface area contributed by atoms with E-state index in [0.717, 1.165) is 16.0 Å². The zero-order chi connectivity index (χ0) is 18.2. The molecule has 0 aromatic heterocycles. The van der Waals surface area contributed by atoms with Crippen molar-refractivity contribution in [1.29, 1.82) is 0 Å². The lowest BCUT2D eigenvalue weighted by Gasteiger charge is -2.14. The molecule has 0 unspecified atom stereocenters. The molecule has 0 aliphatic carbocycles. The largest absolute Gasteiger partial charge is 0.452 e. The summed E-state index contributed by atoms with van der Waals surface area (Å²) in [6.07, 6.45) is -0.809. The second kappa shape index (κ2) is 9.28. The second-order valence-electron chi connectivity index (χ2n) is 5.89. The number of ether oxygens (including phenoxy) is 1. The number of nitrogens with one attached hydrogen (secondary N) is 1. The zero-order valence-corrected chi connectivity index (χ0v) is 15.6. The maximum Gasteiger partial charge on any atom is 0.317 e. The van der Waals surface area contributed by atoms with Gasteiger partial charge in [-0.05, 0) is 38.0 Å². The standard InChI is InChI=1S/C20H23NO3S/c1-14-9-10-18(15(2)11-14)25-13-19(22)24-16(3)20(23)21-12-17-7-5-4-6-8-17/h4-11,16H,12-13H2,1-3H3,(H,21,23)/t16-/m0/s1. The fourth-order valence-corrected chi connectivity index (χ4v) is 3.10. The minimum atomic E-state index is -0.809. The molecule has 0 saturated carbocycles. The van der Waals surface area contributed by atoms with E-state index >= 15 is 0 Å². The van der Waals surface area contributed by atoms with Crippen LogP contribution in [0.25, 0.3) is 0 Å². The summed E-state index contributed by atoms with van der Waals surface area (Å²) in [7, 11) is 0. The van der Waals surface area contributed by atoms with E-state index in [1.54, 1.807) is 6.92 Å². The molecule has 2 aromatic rings. The second-order valence-corrected chi connectivity index (χ2v) is 6.91. The van der Waals surface area contributed by atoms with Gasteiger partial charge in [0.2, 0.25) is 0 Å². The van der Waals surface area contributed by atoms with Crippen molar-refractivity contribution in [3.05, 3.63) is 65.2 Å². The van der Waals surface area contributed by atoms with Crippen LogP contribution in [0.3, 0.4) is 0 Å². The number of amides is 1. The van der Waals surface area contributed by atoms with Crippen LogP contribution in [0.4, 0.5) is 0 Å². The lowest BCUT2D eigenvalue weighted by molar-refractivity contribution is -0.152. The molecule has 0 aliphatic heterocycles. The van der Waals surface area contributed by atoms with Crippen LogP contribution in [0.1, 0.15) is 23.6 Å². The van der Waals surface area contributed by atoms with Crippen molar-refractivity contribution in [3.8, 4) is 0 Å². The molecule has 1 amide bonds. The van der Waals surface area contributed by atoms with Crippen LogP contribution >= 0.6 is 11.8 Å². The maximum absolute atomic E-state index is 12.0. The molecule has 0 bridgehead atoms. The van der Waals surface area contributed by atoms with Gasteiger partial charge in [-0.2, -0.15) is 0 Å². The summed E-state index contributed by atoms with van der Waals surface area (Å²) in [5, 5.41) is 2.77. The van der Waals surface area contributed by atoms with Crippen molar-refractivity contribution in [2.24, 2.45) is 0 Å². The van der Waals surface area contributed by atoms with Gasteiger partial charge in [0.25, 0.3) is 5.91 Å². The van der Waals surface area contributed by atoms with Crippen molar-refractivity contribution in [1.82, 2.24) is 5.32 Å². The van der Waals surface area contributed by atoms with Crippen molar-refractivity contribution < 1.29 is 14.3 Å². The molecule has 2 rings (SSSR count). The van der Waals surface area contributed by atoms with Gasteiger partial charge in [-0.3, -0.25) is 9.59 Å². The molecule has 0 aliphatic rings. The smallest absolute Gasteiger partial charge is 0.317 e. The summed E-state index contributed by atoms with van der Waals surface area (Å²) in [5.74, 6) is -0.513. The topological polar surface area (TPSA) is 55.4 Å². The third kappa shape index (κ3) is 6.27. The molecule has 0 fully saturated rings. The van der Waals surface area contributed by atoms with Crippen LogP contribution < -0.4 is 5.32 Å². The van der Waals surface area contributed by atoms with E-state index in [0.29, 0.717) is 6.54 Å². The van der Waals surface area contributed by atoms with Gasteiger partial charge in [-0.1, -0.05) is 48.0 Å². The van der Waals surface area contributed by atoms with E-state index in [1.807, 2.05) is 56.3 Å². The molecule has 4 nitrogen and oxygen atoms in total. The highest BCUT2D eigenvalue weighted by Gasteiger charge is 2.17. The molecule has 0 spiro atoms. The number of aryl methyl sites for hydroxylation is 2. The van der Waals surface area contributed by atoms with E-state index in [9.17, 15) is 9.59 Å². The monoisotopic (exact) mass is 357 g/mol. The van der Waals surface area contributed by atoms with Gasteiger partial charge < -0.3 is 10.1 Å². The fourth-order valence-electron chi connectivity index (χ4n) is 2.31. The number of rotatable bonds is 7. The highest BCUT2D eigenvalue weighted by atomic mass is 32.2. The Kier molecular flexibility index (Phi) is 7.07. The first-order valence-corrected chi connectivity index (χ1v) is 9.15. The van der Waals surface area contributed by atoms with Gasteiger partial charge in [0.05, 0.1) is 5.75 Å². The van der Waals surface area contributed by atoms with Gasteiger partial charge in [-0.15, -0.1) is 11.8 Å². The minimum absolute atomic E-state index is 0.181. The number of hydrogen-bond donors (Lipinski definition) is 1. The van der Waals surface area contributed by atoms with E-state index in [-0.39, 0.29) is 11.7 Å². The molecular weight excluding hydrogens is 334 g/mol. The molecule has 1 N–H and O–H groups in total. The van der Waals surface area contributed by atoms with Gasteiger partial charge in [-0.25, -0.2) is 0 Å². The molecule has 2 aromatic carbocycles. The predicted octanol–water partition coefficient (Wildman–Crippen LogP) is 3.64. The SMILES string of the molecule is Cc1ccc(SCC(=O)O[C@@H](C)C(=O)NCc2ccccc2)c(C)c1. The number of esters is 1. The van der Waals surface area contributed by atoms with Gasteiger partial charge in [0, 0.05) is 11.4 Å². The first kappa shape index (κ1) is 19.1. The number of carbonyl (C=O) groups excluding carboxylic acids is 2. The number of carbonyl (C=O) groups is 2. The zero-order valence-electron chi connectivity index (χ0n) is 14.7. The van der Waals surface area contributed by atoms with Crippen LogP contribution in [-0.2, 0) is 20.9 Å². The number of hydrogen-bond acceptors (Lipinski definition) is 4. The normalized spacial score (nSPS) is 11.6. The van der Waals surface area contributed by atoms with E-state index < -0.39 is 12.1 Å². The first-order valence-electron chi connectivity index (χ1n) is 8.17. The minimum Gasteiger partial charge on any atom is -0.452 e. The Hall–Kier alpha value is -2.27. The van der Waals surface area contributed by atoms with Crippen LogP contribution in [0.15, 0.2) is 53.4 Å². The van der Waals surface area contributed by atoms with Crippen LogP contribution in [0, 0.1) is 13.8 Å². The Morgan fingerprint density at radius 3 is 2.52 bits per heavy atom. The average Bonchev–Trinajstić information content (AvgIpc) is 2.59. The van der Waals surface area contributed by atoms with Gasteiger partial charge >= 0.3 is 5.97 Å². The number of thioether (sulfide) groups is 1. The third-order valence-electron chi connectivity index (χ3n) is 3.66. The summed E-state index contributed by atoms with van der Waals surface area (Å²) in [5.41, 5.74) is 3.32. The van der Waals surface area contributed by atoms with Crippen LogP contribution in [0.2, 0.25) is 0 Å². The summed E-state index contributed by atoms with van der Waals surface area (Å²) in [6, 6.07) is 15.7. The van der Waals surface area contributed by atoms with E-state index in [1.165, 1.54) is 17.3 Å². The molecule has 1 atom stereocenters. The summed E-state index contributed by atoms with van der Waals surface area (Å²) >= 11 is 1.42. The third-order valence-corrected chi connectivity index (χ3v) is 4.81. The molecular formula is C20H23NO3S. The average molecular weight is 357 g/mol. The summed E-state index contributed by atoms with van der Waals surface area (Å²) in [4.78, 5) is 25.0. The number of benzene rings is 2. The highest BCUT2D eigenvalue weighted by Crippen LogP contribution is 2.23. The molecule has 0 radical (unpaired) electrons. The van der Waals surface area contributed by atoms with Crippen LogP contribution in [0.5, 0.6) is 0 Å². The molecule has 132 valence electrons. The summed E-state index contributed by atoms with van der Waals surface area (Å²) < 4.78 is 5.21. The molecule has 0 saturated heterocycles. The van der Waals surface area contributed by atoms with E-state index in [2.05, 4.69) is 11.4 Å². The molecule has 5 heteroatoms. The van der Waals surface area contributed by atoms with E-state index in [4.69, 9.17) is 4.74 Å². The van der Waals surface area contributed by atoms with Crippen molar-refractivity contribution in [2.75, 3.05) is 5.75 Å². The predicted molar refractivity (Wildman–Crippen MR) is 100 cm³/mol. The summed E-state index contributed by atoms with van der Waals surface area (Å²) in [6.45, 7) is 6.05. The fraction of sp³-hybridized carbons (Fsp3) is 0.300. The van der Waals surface area contributed by atoms with Crippen molar-refractivity contribution in [3.63, 3.8) is 0 Å². The molecule has 0 heterocycles. The first-order chi connectivity index (χ1) is 12.0. The highest BCUT2D eigenvalue weighted by molar-refractivity contribution is 8.00. The van der Waals surface area contributed by atoms with Gasteiger partial charge in [0.1, 0.15) is 0 Å². The molecule has 25 heavy (non-hydrogen) atoms. The Morgan fingerprint density at radius 2 is 1.84 bits per heavy atom. The lowest BCUT2D eigenvalue weighted by atomic mass is 10.2. The maximum atomic E-state index is 12.0. The Labute approximate surface area is 153 Å².